The molecule has 1 N–H and O–H groups in total. The van der Waals surface area contributed by atoms with Crippen molar-refractivity contribution in [1.29, 1.82) is 0 Å². The van der Waals surface area contributed by atoms with E-state index in [9.17, 15) is 4.79 Å². The summed E-state index contributed by atoms with van der Waals surface area (Å²) in [6, 6.07) is 7.37. The Morgan fingerprint density at radius 2 is 2.00 bits per heavy atom. The quantitative estimate of drug-likeness (QED) is 0.746. The van der Waals surface area contributed by atoms with Gasteiger partial charge >= 0.3 is 0 Å². The first-order valence-electron chi connectivity index (χ1n) is 7.20. The summed E-state index contributed by atoms with van der Waals surface area (Å²) < 4.78 is 5.16. The lowest BCUT2D eigenvalue weighted by Crippen LogP contribution is -2.23. The monoisotopic (exact) mass is 309 g/mol. The standard InChI is InChI=1S/C16H15N5O2/c22-14(19-10-12-5-8-17-9-6-12)3-4-15-20-16(21-23-15)13-2-1-7-18-11-13/h1-2,5-9,11H,3-4,10H2,(H,19,22). The Morgan fingerprint density at radius 3 is 2.78 bits per heavy atom. The summed E-state index contributed by atoms with van der Waals surface area (Å²) in [5.74, 6) is 0.844. The molecule has 1 amide bonds. The SMILES string of the molecule is O=C(CCc1nc(-c2cccnc2)no1)NCc1ccncc1. The van der Waals surface area contributed by atoms with Crippen LogP contribution in [0.1, 0.15) is 17.9 Å². The summed E-state index contributed by atoms with van der Waals surface area (Å²) in [6.07, 6.45) is 7.42. The van der Waals surface area contributed by atoms with Crippen LogP contribution in [0.2, 0.25) is 0 Å². The Labute approximate surface area is 132 Å². The summed E-state index contributed by atoms with van der Waals surface area (Å²) in [5, 5.41) is 6.73. The Morgan fingerprint density at radius 1 is 1.13 bits per heavy atom. The molecular weight excluding hydrogens is 294 g/mol. The van der Waals surface area contributed by atoms with Crippen LogP contribution in [0.5, 0.6) is 0 Å². The maximum Gasteiger partial charge on any atom is 0.227 e. The number of nitrogens with one attached hydrogen (secondary N) is 1. The molecule has 0 aromatic carbocycles. The molecule has 0 atom stereocenters. The van der Waals surface area contributed by atoms with E-state index in [4.69, 9.17) is 4.52 Å². The lowest BCUT2D eigenvalue weighted by Gasteiger charge is -2.03. The number of carbonyl (C=O) groups excluding carboxylic acids is 1. The molecule has 0 unspecified atom stereocenters. The van der Waals surface area contributed by atoms with Crippen molar-refractivity contribution in [3.63, 3.8) is 0 Å². The molecule has 0 aliphatic rings. The summed E-state index contributed by atoms with van der Waals surface area (Å²) >= 11 is 0. The first kappa shape index (κ1) is 14.8. The van der Waals surface area contributed by atoms with E-state index in [0.717, 1.165) is 11.1 Å². The summed E-state index contributed by atoms with van der Waals surface area (Å²) in [4.78, 5) is 24.0. The van der Waals surface area contributed by atoms with Crippen molar-refractivity contribution in [3.05, 3.63) is 60.5 Å². The first-order valence-corrected chi connectivity index (χ1v) is 7.20. The van der Waals surface area contributed by atoms with Crippen LogP contribution in [0.3, 0.4) is 0 Å². The van der Waals surface area contributed by atoms with Crippen molar-refractivity contribution in [1.82, 2.24) is 25.4 Å². The molecule has 3 heterocycles. The predicted molar refractivity (Wildman–Crippen MR) is 81.9 cm³/mol. The average molecular weight is 309 g/mol. The Hall–Kier alpha value is -3.09. The van der Waals surface area contributed by atoms with Gasteiger partial charge in [0.1, 0.15) is 0 Å². The fourth-order valence-electron chi connectivity index (χ4n) is 1.98. The summed E-state index contributed by atoms with van der Waals surface area (Å²) in [6.45, 7) is 0.478. The van der Waals surface area contributed by atoms with E-state index in [2.05, 4.69) is 25.4 Å². The highest BCUT2D eigenvalue weighted by Crippen LogP contribution is 2.14. The number of aromatic nitrogens is 4. The van der Waals surface area contributed by atoms with Crippen molar-refractivity contribution in [2.24, 2.45) is 0 Å². The van der Waals surface area contributed by atoms with Gasteiger partial charge in [0.2, 0.25) is 17.6 Å². The zero-order valence-electron chi connectivity index (χ0n) is 12.3. The fraction of sp³-hybridized carbons (Fsp3) is 0.188. The molecule has 0 spiro atoms. The molecule has 0 bridgehead atoms. The molecular formula is C16H15N5O2. The van der Waals surface area contributed by atoms with Crippen molar-refractivity contribution in [2.75, 3.05) is 0 Å². The Bertz CT molecular complexity index is 758. The minimum absolute atomic E-state index is 0.0667. The highest BCUT2D eigenvalue weighted by Gasteiger charge is 2.10. The molecule has 3 rings (SSSR count). The van der Waals surface area contributed by atoms with Gasteiger partial charge in [0.05, 0.1) is 0 Å². The van der Waals surface area contributed by atoms with Crippen LogP contribution in [0.4, 0.5) is 0 Å². The molecule has 23 heavy (non-hydrogen) atoms. The second-order valence-corrected chi connectivity index (χ2v) is 4.89. The third-order valence-corrected chi connectivity index (χ3v) is 3.19. The molecule has 0 aliphatic heterocycles. The molecule has 0 saturated heterocycles. The number of amides is 1. The molecule has 0 radical (unpaired) electrons. The van der Waals surface area contributed by atoms with Crippen molar-refractivity contribution in [3.8, 4) is 11.4 Å². The maximum atomic E-state index is 11.8. The van der Waals surface area contributed by atoms with Crippen LogP contribution < -0.4 is 5.32 Å². The van der Waals surface area contributed by atoms with Gasteiger partial charge in [0, 0.05) is 49.7 Å². The normalized spacial score (nSPS) is 10.4. The maximum absolute atomic E-state index is 11.8. The van der Waals surface area contributed by atoms with E-state index in [1.165, 1.54) is 0 Å². The zero-order valence-corrected chi connectivity index (χ0v) is 12.3. The molecule has 3 aromatic heterocycles. The van der Waals surface area contributed by atoms with Gasteiger partial charge in [-0.25, -0.2) is 0 Å². The zero-order chi connectivity index (χ0) is 15.9. The van der Waals surface area contributed by atoms with Gasteiger partial charge in [-0.2, -0.15) is 4.98 Å². The number of nitrogens with zero attached hydrogens (tertiary/aromatic N) is 4. The van der Waals surface area contributed by atoms with E-state index < -0.39 is 0 Å². The number of pyridine rings is 2. The molecule has 7 nitrogen and oxygen atoms in total. The first-order chi connectivity index (χ1) is 11.3. The number of aryl methyl sites for hydroxylation is 1. The van der Waals surface area contributed by atoms with E-state index in [-0.39, 0.29) is 5.91 Å². The number of hydrogen-bond acceptors (Lipinski definition) is 6. The molecule has 3 aromatic rings. The second-order valence-electron chi connectivity index (χ2n) is 4.89. The van der Waals surface area contributed by atoms with Crippen LogP contribution >= 0.6 is 0 Å². The van der Waals surface area contributed by atoms with Crippen LogP contribution in [0.15, 0.2) is 53.6 Å². The second kappa shape index (κ2) is 7.26. The van der Waals surface area contributed by atoms with E-state index in [1.807, 2.05) is 18.2 Å². The Kier molecular flexibility index (Phi) is 4.68. The number of carbonyl (C=O) groups is 1. The minimum atomic E-state index is -0.0667. The minimum Gasteiger partial charge on any atom is -0.352 e. The third kappa shape index (κ3) is 4.19. The lowest BCUT2D eigenvalue weighted by atomic mass is 10.2. The number of hydrogen-bond donors (Lipinski definition) is 1. The third-order valence-electron chi connectivity index (χ3n) is 3.19. The average Bonchev–Trinajstić information content (AvgIpc) is 3.09. The van der Waals surface area contributed by atoms with E-state index in [0.29, 0.717) is 31.1 Å². The number of rotatable bonds is 6. The lowest BCUT2D eigenvalue weighted by molar-refractivity contribution is -0.121. The van der Waals surface area contributed by atoms with Crippen molar-refractivity contribution in [2.45, 2.75) is 19.4 Å². The molecule has 0 fully saturated rings. The van der Waals surface area contributed by atoms with Crippen molar-refractivity contribution >= 4 is 5.91 Å². The van der Waals surface area contributed by atoms with Gasteiger partial charge in [0.25, 0.3) is 0 Å². The van der Waals surface area contributed by atoms with Crippen LogP contribution in [-0.4, -0.2) is 26.0 Å². The molecule has 116 valence electrons. The predicted octanol–water partition coefficient (Wildman–Crippen LogP) is 1.78. The highest BCUT2D eigenvalue weighted by atomic mass is 16.5. The van der Waals surface area contributed by atoms with Gasteiger partial charge in [-0.3, -0.25) is 14.8 Å². The van der Waals surface area contributed by atoms with Crippen LogP contribution in [-0.2, 0) is 17.8 Å². The highest BCUT2D eigenvalue weighted by molar-refractivity contribution is 5.76. The van der Waals surface area contributed by atoms with Crippen molar-refractivity contribution < 1.29 is 9.32 Å². The van der Waals surface area contributed by atoms with Gasteiger partial charge in [0.15, 0.2) is 0 Å². The van der Waals surface area contributed by atoms with E-state index >= 15 is 0 Å². The summed E-state index contributed by atoms with van der Waals surface area (Å²) in [7, 11) is 0. The summed E-state index contributed by atoms with van der Waals surface area (Å²) in [5.41, 5.74) is 1.79. The largest absolute Gasteiger partial charge is 0.352 e. The van der Waals surface area contributed by atoms with Crippen LogP contribution in [0.25, 0.3) is 11.4 Å². The van der Waals surface area contributed by atoms with Gasteiger partial charge in [-0.1, -0.05) is 5.16 Å². The van der Waals surface area contributed by atoms with E-state index in [1.54, 1.807) is 30.9 Å². The Balaban J connectivity index is 1.49. The smallest absolute Gasteiger partial charge is 0.227 e. The molecule has 7 heteroatoms. The molecule has 0 saturated carbocycles. The topological polar surface area (TPSA) is 93.8 Å². The van der Waals surface area contributed by atoms with Crippen LogP contribution in [0, 0.1) is 0 Å². The van der Waals surface area contributed by atoms with Gasteiger partial charge in [-0.05, 0) is 29.8 Å². The van der Waals surface area contributed by atoms with Gasteiger partial charge in [-0.15, -0.1) is 0 Å². The van der Waals surface area contributed by atoms with Gasteiger partial charge < -0.3 is 9.84 Å². The fourth-order valence-corrected chi connectivity index (χ4v) is 1.98. The molecule has 0 aliphatic carbocycles.